The quantitative estimate of drug-likeness (QED) is 0.652. The molecule has 8 heteroatoms. The van der Waals surface area contributed by atoms with Crippen molar-refractivity contribution in [3.8, 4) is 0 Å². The highest BCUT2D eigenvalue weighted by Gasteiger charge is 2.26. The van der Waals surface area contributed by atoms with Crippen LogP contribution in [0.15, 0.2) is 17.3 Å². The molecule has 1 rings (SSSR count). The molecule has 0 saturated heterocycles. The predicted octanol–water partition coefficient (Wildman–Crippen LogP) is 1.25. The van der Waals surface area contributed by atoms with Crippen LogP contribution in [0.4, 0.5) is 0 Å². The lowest BCUT2D eigenvalue weighted by molar-refractivity contribution is 0.415. The summed E-state index contributed by atoms with van der Waals surface area (Å²) in [5.74, 6) is 0.769. The molecule has 1 aromatic heterocycles. The minimum absolute atomic E-state index is 0.0421. The molecule has 0 aromatic carbocycles. The van der Waals surface area contributed by atoms with E-state index in [1.54, 1.807) is 29.7 Å². The predicted molar refractivity (Wildman–Crippen MR) is 88.2 cm³/mol. The van der Waals surface area contributed by atoms with Crippen molar-refractivity contribution >= 4 is 21.8 Å². The smallest absolute Gasteiger partial charge is 0.246 e. The first-order valence-corrected chi connectivity index (χ1v) is 9.97. The lowest BCUT2D eigenvalue weighted by atomic mass is 10.4. The Balaban J connectivity index is 2.69. The third-order valence-electron chi connectivity index (χ3n) is 3.26. The average molecular weight is 335 g/mol. The maximum absolute atomic E-state index is 12.5. The van der Waals surface area contributed by atoms with E-state index in [9.17, 15) is 8.42 Å². The number of aromatic nitrogens is 2. The minimum atomic E-state index is -3.46. The summed E-state index contributed by atoms with van der Waals surface area (Å²) in [4.78, 5) is 0.258. The maximum atomic E-state index is 12.5. The van der Waals surface area contributed by atoms with Gasteiger partial charge in [-0.1, -0.05) is 6.92 Å². The van der Waals surface area contributed by atoms with Gasteiger partial charge in [-0.05, 0) is 26.1 Å². The number of rotatable bonds is 10. The molecule has 1 unspecified atom stereocenters. The zero-order chi connectivity index (χ0) is 15.9. The van der Waals surface area contributed by atoms with Gasteiger partial charge in [-0.25, -0.2) is 8.42 Å². The minimum Gasteiger partial charge on any atom is -0.315 e. The summed E-state index contributed by atoms with van der Waals surface area (Å²) >= 11 is 1.64. The normalized spacial score (nSPS) is 13.8. The van der Waals surface area contributed by atoms with Crippen molar-refractivity contribution in [1.82, 2.24) is 19.4 Å². The Morgan fingerprint density at radius 2 is 2.19 bits per heavy atom. The Kier molecular flexibility index (Phi) is 7.72. The van der Waals surface area contributed by atoms with Gasteiger partial charge in [0.1, 0.15) is 4.90 Å². The van der Waals surface area contributed by atoms with Crippen molar-refractivity contribution in [2.75, 3.05) is 32.1 Å². The highest BCUT2D eigenvalue weighted by atomic mass is 32.2. The first kappa shape index (κ1) is 18.5. The van der Waals surface area contributed by atoms with E-state index in [1.807, 2.05) is 13.2 Å². The van der Waals surface area contributed by atoms with E-state index in [0.717, 1.165) is 25.3 Å². The van der Waals surface area contributed by atoms with Gasteiger partial charge in [0.2, 0.25) is 10.0 Å². The number of thioether (sulfide) groups is 1. The molecular weight excluding hydrogens is 308 g/mol. The third-order valence-corrected chi connectivity index (χ3v) is 6.00. The van der Waals surface area contributed by atoms with Crippen molar-refractivity contribution in [1.29, 1.82) is 0 Å². The van der Waals surface area contributed by atoms with E-state index < -0.39 is 10.0 Å². The molecule has 0 fully saturated rings. The van der Waals surface area contributed by atoms with Crippen LogP contribution >= 0.6 is 11.8 Å². The fourth-order valence-electron chi connectivity index (χ4n) is 1.84. The van der Waals surface area contributed by atoms with Crippen molar-refractivity contribution in [3.05, 3.63) is 12.4 Å². The van der Waals surface area contributed by atoms with Crippen molar-refractivity contribution in [3.63, 3.8) is 0 Å². The van der Waals surface area contributed by atoms with Crippen LogP contribution in [0, 0.1) is 0 Å². The van der Waals surface area contributed by atoms with E-state index in [-0.39, 0.29) is 10.9 Å². The van der Waals surface area contributed by atoms with Gasteiger partial charge in [0.15, 0.2) is 0 Å². The molecule has 1 atom stereocenters. The molecule has 21 heavy (non-hydrogen) atoms. The standard InChI is InChI=1S/C13H26N4O2S2/c1-5-6-14-7-8-17-10-13(9-15-17)21(18,19)16(3)12(2)11-20-4/h9-10,12,14H,5-8,11H2,1-4H3. The fourth-order valence-corrected chi connectivity index (χ4v) is 3.96. The summed E-state index contributed by atoms with van der Waals surface area (Å²) in [7, 11) is -1.84. The summed E-state index contributed by atoms with van der Waals surface area (Å²) in [5.41, 5.74) is 0. The summed E-state index contributed by atoms with van der Waals surface area (Å²) < 4.78 is 28.1. The first-order chi connectivity index (χ1) is 9.93. The van der Waals surface area contributed by atoms with E-state index in [0.29, 0.717) is 6.54 Å². The van der Waals surface area contributed by atoms with Crippen molar-refractivity contribution in [2.24, 2.45) is 0 Å². The van der Waals surface area contributed by atoms with Crippen molar-refractivity contribution in [2.45, 2.75) is 37.8 Å². The van der Waals surface area contributed by atoms with Gasteiger partial charge < -0.3 is 5.32 Å². The van der Waals surface area contributed by atoms with Gasteiger partial charge in [-0.3, -0.25) is 4.68 Å². The van der Waals surface area contributed by atoms with Crippen molar-refractivity contribution < 1.29 is 8.42 Å². The molecule has 1 heterocycles. The number of nitrogens with one attached hydrogen (secondary N) is 1. The Bertz CT molecular complexity index is 516. The zero-order valence-corrected chi connectivity index (χ0v) is 14.9. The molecular formula is C13H26N4O2S2. The lowest BCUT2D eigenvalue weighted by Crippen LogP contribution is -2.36. The molecule has 0 aliphatic rings. The molecule has 0 aliphatic carbocycles. The van der Waals surface area contributed by atoms with Crippen LogP contribution in [0.5, 0.6) is 0 Å². The second kappa shape index (κ2) is 8.77. The molecule has 0 bridgehead atoms. The molecule has 0 saturated carbocycles. The van der Waals surface area contributed by atoms with Gasteiger partial charge in [0.05, 0.1) is 12.7 Å². The Hall–Kier alpha value is -0.570. The Labute approximate surface area is 132 Å². The molecule has 6 nitrogen and oxygen atoms in total. The third kappa shape index (κ3) is 5.28. The Morgan fingerprint density at radius 1 is 1.48 bits per heavy atom. The largest absolute Gasteiger partial charge is 0.315 e. The number of nitrogens with zero attached hydrogens (tertiary/aromatic N) is 3. The summed E-state index contributed by atoms with van der Waals surface area (Å²) in [6, 6.07) is -0.0421. The average Bonchev–Trinajstić information content (AvgIpc) is 2.92. The molecule has 0 amide bonds. The van der Waals surface area contributed by atoms with Gasteiger partial charge >= 0.3 is 0 Å². The van der Waals surface area contributed by atoms with Crippen LogP contribution in [0.1, 0.15) is 20.3 Å². The van der Waals surface area contributed by atoms with E-state index >= 15 is 0 Å². The second-order valence-corrected chi connectivity index (χ2v) is 7.92. The highest BCUT2D eigenvalue weighted by molar-refractivity contribution is 7.98. The van der Waals surface area contributed by atoms with Crippen LogP contribution in [0.2, 0.25) is 0 Å². The van der Waals surface area contributed by atoms with Crippen LogP contribution < -0.4 is 5.32 Å². The van der Waals surface area contributed by atoms with E-state index in [4.69, 9.17) is 0 Å². The SMILES string of the molecule is CCCNCCn1cc(S(=O)(=O)N(C)C(C)CSC)cn1. The Morgan fingerprint density at radius 3 is 2.81 bits per heavy atom. The molecule has 1 aromatic rings. The number of hydrogen-bond acceptors (Lipinski definition) is 5. The summed E-state index contributed by atoms with van der Waals surface area (Å²) in [6.07, 6.45) is 6.08. The topological polar surface area (TPSA) is 67.2 Å². The summed E-state index contributed by atoms with van der Waals surface area (Å²) in [5, 5.41) is 7.40. The van der Waals surface area contributed by atoms with Crippen LogP contribution in [-0.2, 0) is 16.6 Å². The number of hydrogen-bond donors (Lipinski definition) is 1. The zero-order valence-electron chi connectivity index (χ0n) is 13.2. The first-order valence-electron chi connectivity index (χ1n) is 7.13. The molecule has 0 radical (unpaired) electrons. The monoisotopic (exact) mass is 334 g/mol. The maximum Gasteiger partial charge on any atom is 0.246 e. The summed E-state index contributed by atoms with van der Waals surface area (Å²) in [6.45, 7) is 6.43. The molecule has 1 N–H and O–H groups in total. The van der Waals surface area contributed by atoms with Gasteiger partial charge in [-0.15, -0.1) is 0 Å². The van der Waals surface area contributed by atoms with Crippen LogP contribution in [0.3, 0.4) is 0 Å². The molecule has 0 spiro atoms. The van der Waals surface area contributed by atoms with Gasteiger partial charge in [0.25, 0.3) is 0 Å². The van der Waals surface area contributed by atoms with Gasteiger partial charge in [-0.2, -0.15) is 21.2 Å². The van der Waals surface area contributed by atoms with Gasteiger partial charge in [0, 0.05) is 31.6 Å². The number of sulfonamides is 1. The van der Waals surface area contributed by atoms with E-state index in [2.05, 4.69) is 17.3 Å². The highest BCUT2D eigenvalue weighted by Crippen LogP contribution is 2.17. The van der Waals surface area contributed by atoms with Crippen LogP contribution in [0.25, 0.3) is 0 Å². The molecule has 0 aliphatic heterocycles. The second-order valence-electron chi connectivity index (χ2n) is 5.01. The van der Waals surface area contributed by atoms with E-state index in [1.165, 1.54) is 10.5 Å². The molecule has 122 valence electrons. The fraction of sp³-hybridized carbons (Fsp3) is 0.769. The lowest BCUT2D eigenvalue weighted by Gasteiger charge is -2.22. The van der Waals surface area contributed by atoms with Crippen LogP contribution in [-0.4, -0.2) is 60.7 Å².